The van der Waals surface area contributed by atoms with Crippen LogP contribution in [0.2, 0.25) is 0 Å². The molecule has 1 aromatic carbocycles. The highest BCUT2D eigenvalue weighted by Gasteiger charge is 2.26. The number of carbonyl (C=O) groups is 1. The molecule has 1 saturated heterocycles. The smallest absolute Gasteiger partial charge is 0.255 e. The van der Waals surface area contributed by atoms with Crippen molar-refractivity contribution in [1.82, 2.24) is 4.90 Å². The summed E-state index contributed by atoms with van der Waals surface area (Å²) in [6.07, 6.45) is 2.26. The number of amides is 1. The van der Waals surface area contributed by atoms with Crippen LogP contribution in [0.5, 0.6) is 0 Å². The average Bonchev–Trinajstić information content (AvgIpc) is 2.41. The fourth-order valence-corrected chi connectivity index (χ4v) is 3.51. The molecule has 0 unspecified atom stereocenters. The van der Waals surface area contributed by atoms with Crippen molar-refractivity contribution in [3.05, 3.63) is 31.8 Å². The van der Waals surface area contributed by atoms with E-state index in [1.54, 1.807) is 0 Å². The van der Waals surface area contributed by atoms with Gasteiger partial charge in [-0.3, -0.25) is 4.79 Å². The molecule has 0 aromatic heterocycles. The molecule has 1 fully saturated rings. The lowest BCUT2D eigenvalue weighted by Gasteiger charge is -2.34. The summed E-state index contributed by atoms with van der Waals surface area (Å²) in [6.45, 7) is 6.33. The largest absolute Gasteiger partial charge is 0.339 e. The summed E-state index contributed by atoms with van der Waals surface area (Å²) >= 11 is 5.73. The van der Waals surface area contributed by atoms with Gasteiger partial charge in [-0.25, -0.2) is 0 Å². The summed E-state index contributed by atoms with van der Waals surface area (Å²) in [7, 11) is 0. The molecular formula is C15H19BrINO. The Morgan fingerprint density at radius 1 is 1.37 bits per heavy atom. The molecule has 104 valence electrons. The van der Waals surface area contributed by atoms with Crippen molar-refractivity contribution in [1.29, 1.82) is 0 Å². The molecule has 2 rings (SSSR count). The predicted molar refractivity (Wildman–Crippen MR) is 90.3 cm³/mol. The molecule has 0 N–H and O–H groups in total. The number of likely N-dealkylation sites (tertiary alicyclic amines) is 1. The Morgan fingerprint density at radius 2 is 2.00 bits per heavy atom. The number of rotatable bonds is 2. The summed E-state index contributed by atoms with van der Waals surface area (Å²) in [6, 6.07) is 5.92. The van der Waals surface area contributed by atoms with Gasteiger partial charge in [-0.1, -0.05) is 13.8 Å². The molecule has 0 aliphatic carbocycles. The lowest BCUT2D eigenvalue weighted by Crippen LogP contribution is -2.39. The highest BCUT2D eigenvalue weighted by molar-refractivity contribution is 14.1. The zero-order valence-electron chi connectivity index (χ0n) is 11.3. The summed E-state index contributed by atoms with van der Waals surface area (Å²) in [5.74, 6) is 1.65. The highest BCUT2D eigenvalue weighted by Crippen LogP contribution is 2.27. The molecule has 0 saturated carbocycles. The Hall–Kier alpha value is -0.100. The molecule has 0 bridgehead atoms. The van der Waals surface area contributed by atoms with Crippen LogP contribution in [-0.2, 0) is 0 Å². The molecule has 19 heavy (non-hydrogen) atoms. The molecule has 0 atom stereocenters. The highest BCUT2D eigenvalue weighted by atomic mass is 127. The van der Waals surface area contributed by atoms with Gasteiger partial charge in [-0.05, 0) is 81.4 Å². The van der Waals surface area contributed by atoms with Crippen LogP contribution in [0.25, 0.3) is 0 Å². The van der Waals surface area contributed by atoms with Crippen LogP contribution < -0.4 is 0 Å². The first-order valence-electron chi connectivity index (χ1n) is 6.73. The molecule has 4 heteroatoms. The van der Waals surface area contributed by atoms with Crippen LogP contribution in [0.1, 0.15) is 37.0 Å². The molecule has 0 spiro atoms. The first kappa shape index (κ1) is 15.3. The molecule has 2 nitrogen and oxygen atoms in total. The molecular weight excluding hydrogens is 417 g/mol. The third kappa shape index (κ3) is 3.72. The van der Waals surface area contributed by atoms with E-state index in [1.165, 1.54) is 0 Å². The van der Waals surface area contributed by atoms with Gasteiger partial charge >= 0.3 is 0 Å². The van der Waals surface area contributed by atoms with Crippen LogP contribution in [-0.4, -0.2) is 23.9 Å². The van der Waals surface area contributed by atoms with Crippen LogP contribution in [0.3, 0.4) is 0 Å². The standard InChI is InChI=1S/C15H19BrINO/c1-10(2)11-5-7-18(8-6-11)15(19)13-9-12(17)3-4-14(13)16/h3-4,9-11H,5-8H2,1-2H3. The molecule has 1 amide bonds. The van der Waals surface area contributed by atoms with Crippen LogP contribution in [0.15, 0.2) is 22.7 Å². The number of carbonyl (C=O) groups excluding carboxylic acids is 1. The number of halogens is 2. The Morgan fingerprint density at radius 3 is 2.58 bits per heavy atom. The van der Waals surface area contributed by atoms with Crippen LogP contribution >= 0.6 is 38.5 Å². The Balaban J connectivity index is 2.07. The van der Waals surface area contributed by atoms with E-state index in [9.17, 15) is 4.79 Å². The lowest BCUT2D eigenvalue weighted by atomic mass is 9.86. The first-order valence-corrected chi connectivity index (χ1v) is 8.60. The monoisotopic (exact) mass is 435 g/mol. The van der Waals surface area contributed by atoms with Gasteiger partial charge in [0.25, 0.3) is 5.91 Å². The molecule has 0 radical (unpaired) electrons. The van der Waals surface area contributed by atoms with Crippen LogP contribution in [0, 0.1) is 15.4 Å². The van der Waals surface area contributed by atoms with Gasteiger partial charge in [0.05, 0.1) is 5.56 Å². The summed E-state index contributed by atoms with van der Waals surface area (Å²) in [4.78, 5) is 14.5. The van der Waals surface area contributed by atoms with E-state index < -0.39 is 0 Å². The lowest BCUT2D eigenvalue weighted by molar-refractivity contribution is 0.0666. The molecule has 1 heterocycles. The topological polar surface area (TPSA) is 20.3 Å². The van der Waals surface area contributed by atoms with E-state index in [0.29, 0.717) is 0 Å². The van der Waals surface area contributed by atoms with E-state index in [4.69, 9.17) is 0 Å². The van der Waals surface area contributed by atoms with Crippen molar-refractivity contribution in [3.8, 4) is 0 Å². The maximum absolute atomic E-state index is 12.5. The van der Waals surface area contributed by atoms with Gasteiger partial charge in [0.2, 0.25) is 0 Å². The number of piperidine rings is 1. The van der Waals surface area contributed by atoms with Crippen molar-refractivity contribution in [3.63, 3.8) is 0 Å². The molecule has 1 aliphatic heterocycles. The normalized spacial score (nSPS) is 17.0. The van der Waals surface area contributed by atoms with Gasteiger partial charge in [0.1, 0.15) is 0 Å². The van der Waals surface area contributed by atoms with E-state index in [-0.39, 0.29) is 5.91 Å². The minimum atomic E-state index is 0.160. The zero-order chi connectivity index (χ0) is 14.0. The second-order valence-corrected chi connectivity index (χ2v) is 7.60. The first-order chi connectivity index (χ1) is 8.99. The third-order valence-corrected chi connectivity index (χ3v) is 5.29. The Bertz CT molecular complexity index is 467. The van der Waals surface area contributed by atoms with Crippen molar-refractivity contribution in [2.75, 3.05) is 13.1 Å². The fraction of sp³-hybridized carbons (Fsp3) is 0.533. The van der Waals surface area contributed by atoms with Gasteiger partial charge in [-0.15, -0.1) is 0 Å². The second kappa shape index (κ2) is 6.57. The Labute approximate surface area is 137 Å². The van der Waals surface area contributed by atoms with E-state index in [1.807, 2.05) is 23.1 Å². The maximum atomic E-state index is 12.5. The fourth-order valence-electron chi connectivity index (χ4n) is 2.60. The number of nitrogens with zero attached hydrogens (tertiary/aromatic N) is 1. The van der Waals surface area contributed by atoms with Crippen LogP contribution in [0.4, 0.5) is 0 Å². The van der Waals surface area contributed by atoms with Crippen molar-refractivity contribution >= 4 is 44.4 Å². The summed E-state index contributed by atoms with van der Waals surface area (Å²) in [5, 5.41) is 0. The van der Waals surface area contributed by atoms with E-state index in [0.717, 1.165) is 51.4 Å². The minimum Gasteiger partial charge on any atom is -0.339 e. The quantitative estimate of drug-likeness (QED) is 0.623. The SMILES string of the molecule is CC(C)C1CCN(C(=O)c2cc(I)ccc2Br)CC1. The Kier molecular flexibility index (Phi) is 5.29. The van der Waals surface area contributed by atoms with E-state index in [2.05, 4.69) is 52.4 Å². The average molecular weight is 436 g/mol. The minimum absolute atomic E-state index is 0.160. The summed E-state index contributed by atoms with van der Waals surface area (Å²) in [5.41, 5.74) is 0.787. The van der Waals surface area contributed by atoms with Gasteiger partial charge in [0.15, 0.2) is 0 Å². The van der Waals surface area contributed by atoms with Crippen molar-refractivity contribution < 1.29 is 4.79 Å². The van der Waals surface area contributed by atoms with Gasteiger partial charge < -0.3 is 4.90 Å². The maximum Gasteiger partial charge on any atom is 0.255 e. The number of hydrogen-bond donors (Lipinski definition) is 0. The number of hydrogen-bond acceptors (Lipinski definition) is 1. The molecule has 1 aromatic rings. The van der Waals surface area contributed by atoms with Crippen molar-refractivity contribution in [2.24, 2.45) is 11.8 Å². The third-order valence-electron chi connectivity index (χ3n) is 3.93. The number of benzene rings is 1. The van der Waals surface area contributed by atoms with Crippen molar-refractivity contribution in [2.45, 2.75) is 26.7 Å². The zero-order valence-corrected chi connectivity index (χ0v) is 15.1. The summed E-state index contributed by atoms with van der Waals surface area (Å²) < 4.78 is 1.99. The second-order valence-electron chi connectivity index (χ2n) is 5.50. The molecule has 1 aliphatic rings. The van der Waals surface area contributed by atoms with Gasteiger partial charge in [-0.2, -0.15) is 0 Å². The van der Waals surface area contributed by atoms with E-state index >= 15 is 0 Å². The predicted octanol–water partition coefficient (Wildman–Crippen LogP) is 4.56. The van der Waals surface area contributed by atoms with Gasteiger partial charge in [0, 0.05) is 21.1 Å².